The van der Waals surface area contributed by atoms with Crippen molar-refractivity contribution in [2.45, 2.75) is 96.8 Å². The standard InChI is InChI=1S/C21H44NO2.H2O/c1-5-6-7-8-9-10-11-12-13-14-15-16-17-18-19-24-21(23)20-22(2,3)4;/h5-20H2,1-4H3;1H2/q+1;/p-1. The molecular weight excluding hydrogens is 314 g/mol. The van der Waals surface area contributed by atoms with Crippen molar-refractivity contribution in [1.82, 2.24) is 0 Å². The maximum Gasteiger partial charge on any atom is 0.361 e. The van der Waals surface area contributed by atoms with E-state index in [-0.39, 0.29) is 11.4 Å². The fraction of sp³-hybridized carbons (Fsp3) is 0.952. The number of unbranched alkanes of at least 4 members (excludes halogenated alkanes) is 13. The van der Waals surface area contributed by atoms with Gasteiger partial charge in [0.25, 0.3) is 0 Å². The first-order valence-corrected chi connectivity index (χ1v) is 10.4. The number of nitrogens with zero attached hydrogens (tertiary/aromatic N) is 1. The quantitative estimate of drug-likeness (QED) is 0.195. The van der Waals surface area contributed by atoms with E-state index in [9.17, 15) is 4.79 Å². The molecule has 0 aromatic rings. The Hall–Kier alpha value is -0.610. The van der Waals surface area contributed by atoms with Gasteiger partial charge in [0.05, 0.1) is 27.7 Å². The van der Waals surface area contributed by atoms with Gasteiger partial charge in [0.15, 0.2) is 6.54 Å². The molecule has 0 heterocycles. The molecule has 0 bridgehead atoms. The summed E-state index contributed by atoms with van der Waals surface area (Å²) in [6, 6.07) is 0. The first-order valence-electron chi connectivity index (χ1n) is 10.4. The third kappa shape index (κ3) is 23.4. The van der Waals surface area contributed by atoms with Crippen LogP contribution >= 0.6 is 0 Å². The Morgan fingerprint density at radius 2 is 1.04 bits per heavy atom. The zero-order chi connectivity index (χ0) is 18.1. The highest BCUT2D eigenvalue weighted by Crippen LogP contribution is 2.12. The third-order valence-corrected chi connectivity index (χ3v) is 4.36. The van der Waals surface area contributed by atoms with Gasteiger partial charge >= 0.3 is 5.97 Å². The number of ether oxygens (including phenoxy) is 1. The van der Waals surface area contributed by atoms with Gasteiger partial charge in [0, 0.05) is 0 Å². The van der Waals surface area contributed by atoms with E-state index in [0.29, 0.717) is 17.6 Å². The molecule has 0 aliphatic carbocycles. The first kappa shape index (κ1) is 26.6. The molecule has 0 aliphatic rings. The lowest BCUT2D eigenvalue weighted by Crippen LogP contribution is -2.40. The Balaban J connectivity index is 0. The maximum atomic E-state index is 11.6. The summed E-state index contributed by atoms with van der Waals surface area (Å²) in [7, 11) is 6.02. The number of esters is 1. The van der Waals surface area contributed by atoms with Crippen LogP contribution in [0.3, 0.4) is 0 Å². The number of carbonyl (C=O) groups is 1. The van der Waals surface area contributed by atoms with Crippen molar-refractivity contribution in [3.8, 4) is 0 Å². The minimum absolute atomic E-state index is 0. The van der Waals surface area contributed by atoms with Crippen LogP contribution in [0.2, 0.25) is 0 Å². The van der Waals surface area contributed by atoms with Crippen molar-refractivity contribution in [1.29, 1.82) is 0 Å². The predicted molar refractivity (Wildman–Crippen MR) is 106 cm³/mol. The summed E-state index contributed by atoms with van der Waals surface area (Å²) in [4.78, 5) is 11.6. The van der Waals surface area contributed by atoms with Gasteiger partial charge < -0.3 is 14.7 Å². The molecule has 0 rings (SSSR count). The van der Waals surface area contributed by atoms with Gasteiger partial charge in [-0.15, -0.1) is 0 Å². The number of quaternary nitrogens is 1. The highest BCUT2D eigenvalue weighted by molar-refractivity contribution is 5.70. The monoisotopic (exact) mass is 359 g/mol. The largest absolute Gasteiger partial charge is 0.870 e. The third-order valence-electron chi connectivity index (χ3n) is 4.36. The molecule has 0 unspecified atom stereocenters. The van der Waals surface area contributed by atoms with Gasteiger partial charge in [-0.25, -0.2) is 4.79 Å². The van der Waals surface area contributed by atoms with Crippen LogP contribution in [0.4, 0.5) is 0 Å². The van der Waals surface area contributed by atoms with Crippen molar-refractivity contribution in [2.24, 2.45) is 0 Å². The van der Waals surface area contributed by atoms with Crippen molar-refractivity contribution < 1.29 is 19.5 Å². The van der Waals surface area contributed by atoms with Crippen molar-refractivity contribution in [3.05, 3.63) is 0 Å². The molecule has 0 spiro atoms. The summed E-state index contributed by atoms with van der Waals surface area (Å²) < 4.78 is 5.91. The van der Waals surface area contributed by atoms with Crippen LogP contribution in [-0.2, 0) is 9.53 Å². The average Bonchev–Trinajstić information content (AvgIpc) is 2.49. The Morgan fingerprint density at radius 1 is 0.680 bits per heavy atom. The summed E-state index contributed by atoms with van der Waals surface area (Å²) in [5, 5.41) is 0. The fourth-order valence-corrected chi connectivity index (χ4v) is 2.92. The summed E-state index contributed by atoms with van der Waals surface area (Å²) in [6.07, 6.45) is 18.9. The molecular formula is C21H45NO3. The lowest BCUT2D eigenvalue weighted by atomic mass is 10.0. The van der Waals surface area contributed by atoms with E-state index < -0.39 is 0 Å². The van der Waals surface area contributed by atoms with Gasteiger partial charge in [-0.2, -0.15) is 0 Å². The SMILES string of the molecule is CCCCCCCCCCCCCCCCOC(=O)C[N+](C)(C)C.[OH-]. The molecule has 0 saturated heterocycles. The van der Waals surface area contributed by atoms with Gasteiger partial charge in [0.2, 0.25) is 0 Å². The molecule has 0 saturated carbocycles. The van der Waals surface area contributed by atoms with Crippen LogP contribution in [-0.4, -0.2) is 50.2 Å². The number of hydrogen-bond acceptors (Lipinski definition) is 3. The molecule has 1 N–H and O–H groups in total. The Bertz CT molecular complexity index is 287. The van der Waals surface area contributed by atoms with Crippen LogP contribution in [0.5, 0.6) is 0 Å². The lowest BCUT2D eigenvalue weighted by Gasteiger charge is -2.22. The fourth-order valence-electron chi connectivity index (χ4n) is 2.92. The minimum atomic E-state index is -0.0720. The average molecular weight is 360 g/mol. The van der Waals surface area contributed by atoms with E-state index >= 15 is 0 Å². The molecule has 0 fully saturated rings. The Morgan fingerprint density at radius 3 is 1.40 bits per heavy atom. The summed E-state index contributed by atoms with van der Waals surface area (Å²) in [6.45, 7) is 3.33. The van der Waals surface area contributed by atoms with Crippen molar-refractivity contribution in [2.75, 3.05) is 34.3 Å². The topological polar surface area (TPSA) is 56.3 Å². The molecule has 0 aromatic heterocycles. The zero-order valence-electron chi connectivity index (χ0n) is 17.5. The second-order valence-electron chi connectivity index (χ2n) is 8.27. The number of likely N-dealkylation sites (N-methyl/N-ethyl adjacent to an activating group) is 1. The number of hydrogen-bond donors (Lipinski definition) is 0. The van der Waals surface area contributed by atoms with Gasteiger partial charge in [-0.3, -0.25) is 0 Å². The summed E-state index contributed by atoms with van der Waals surface area (Å²) in [5.74, 6) is -0.0720. The van der Waals surface area contributed by atoms with Crippen LogP contribution in [0, 0.1) is 0 Å². The molecule has 0 atom stereocenters. The number of carbonyl (C=O) groups excluding carboxylic acids is 1. The van der Waals surface area contributed by atoms with E-state index in [0.717, 1.165) is 6.42 Å². The Kier molecular flexibility index (Phi) is 19.4. The van der Waals surface area contributed by atoms with Crippen LogP contribution in [0.25, 0.3) is 0 Å². The van der Waals surface area contributed by atoms with E-state index in [1.165, 1.54) is 83.5 Å². The molecule has 4 heteroatoms. The maximum absolute atomic E-state index is 11.6. The summed E-state index contributed by atoms with van der Waals surface area (Å²) >= 11 is 0. The van der Waals surface area contributed by atoms with E-state index in [2.05, 4.69) is 6.92 Å². The van der Waals surface area contributed by atoms with Gasteiger partial charge in [0.1, 0.15) is 0 Å². The molecule has 0 amide bonds. The molecule has 0 aliphatic heterocycles. The minimum Gasteiger partial charge on any atom is -0.870 e. The van der Waals surface area contributed by atoms with Gasteiger partial charge in [-0.05, 0) is 6.42 Å². The molecule has 0 aromatic carbocycles. The first-order chi connectivity index (χ1) is 11.5. The predicted octanol–water partition coefficient (Wildman–Crippen LogP) is 5.54. The van der Waals surface area contributed by atoms with E-state index in [4.69, 9.17) is 4.74 Å². The summed E-state index contributed by atoms with van der Waals surface area (Å²) in [5.41, 5.74) is 0. The lowest BCUT2D eigenvalue weighted by molar-refractivity contribution is -0.862. The van der Waals surface area contributed by atoms with Crippen molar-refractivity contribution >= 4 is 5.97 Å². The normalized spacial score (nSPS) is 11.2. The van der Waals surface area contributed by atoms with Crippen LogP contribution in [0.15, 0.2) is 0 Å². The van der Waals surface area contributed by atoms with Crippen LogP contribution < -0.4 is 0 Å². The molecule has 25 heavy (non-hydrogen) atoms. The zero-order valence-corrected chi connectivity index (χ0v) is 17.5. The van der Waals surface area contributed by atoms with Crippen molar-refractivity contribution in [3.63, 3.8) is 0 Å². The highest BCUT2D eigenvalue weighted by Gasteiger charge is 2.14. The smallest absolute Gasteiger partial charge is 0.361 e. The second-order valence-corrected chi connectivity index (χ2v) is 8.27. The van der Waals surface area contributed by atoms with E-state index in [1.807, 2.05) is 21.1 Å². The molecule has 152 valence electrons. The second kappa shape index (κ2) is 18.2. The number of rotatable bonds is 17. The van der Waals surface area contributed by atoms with Gasteiger partial charge in [-0.1, -0.05) is 90.4 Å². The Labute approximate surface area is 157 Å². The molecule has 0 radical (unpaired) electrons. The highest BCUT2D eigenvalue weighted by atomic mass is 16.5. The molecule has 4 nitrogen and oxygen atoms in total. The van der Waals surface area contributed by atoms with Crippen LogP contribution in [0.1, 0.15) is 96.8 Å². The van der Waals surface area contributed by atoms with E-state index in [1.54, 1.807) is 0 Å².